The lowest BCUT2D eigenvalue weighted by Gasteiger charge is -2.24. The Hall–Kier alpha value is -3.29. The molecule has 0 aromatic heterocycles. The maximum atomic E-state index is 13.3. The molecule has 3 aromatic carbocycles. The van der Waals surface area contributed by atoms with Gasteiger partial charge in [0.05, 0.1) is 15.5 Å². The van der Waals surface area contributed by atoms with Gasteiger partial charge >= 0.3 is 0 Å². The van der Waals surface area contributed by atoms with Crippen molar-refractivity contribution in [2.24, 2.45) is 0 Å². The third-order valence-corrected chi connectivity index (χ3v) is 9.17. The fraction of sp³-hybridized carbons (Fsp3) is 0.296. The van der Waals surface area contributed by atoms with Gasteiger partial charge in [-0.3, -0.25) is 4.79 Å². The number of benzene rings is 3. The van der Waals surface area contributed by atoms with Gasteiger partial charge in [-0.2, -0.15) is 4.72 Å². The van der Waals surface area contributed by atoms with Crippen LogP contribution in [0, 0.1) is 6.92 Å². The van der Waals surface area contributed by atoms with Crippen LogP contribution in [-0.4, -0.2) is 47.4 Å². The van der Waals surface area contributed by atoms with Gasteiger partial charge in [0.15, 0.2) is 16.1 Å². The van der Waals surface area contributed by atoms with E-state index in [0.717, 1.165) is 18.4 Å². The third kappa shape index (κ3) is 8.10. The van der Waals surface area contributed by atoms with Crippen molar-refractivity contribution in [1.29, 1.82) is 0 Å². The molecule has 39 heavy (non-hydrogen) atoms. The number of nitrogens with one attached hydrogen (secondary N) is 2. The average molecular weight is 575 g/mol. The third-order valence-electron chi connectivity index (χ3n) is 5.92. The van der Waals surface area contributed by atoms with Gasteiger partial charge in [-0.15, -0.1) is 0 Å². The van der Waals surface area contributed by atoms with Crippen molar-refractivity contribution in [1.82, 2.24) is 10.2 Å². The van der Waals surface area contributed by atoms with Gasteiger partial charge in [0, 0.05) is 13.0 Å². The van der Waals surface area contributed by atoms with E-state index in [9.17, 15) is 21.6 Å². The van der Waals surface area contributed by atoms with Crippen molar-refractivity contribution < 1.29 is 35.9 Å². The first-order valence-corrected chi connectivity index (χ1v) is 15.5. The molecule has 0 radical (unpaired) electrons. The number of carbonyl (C=O) groups excluding carboxylic acids is 1. The second kappa shape index (κ2) is 12.7. The van der Waals surface area contributed by atoms with Crippen LogP contribution in [0.4, 0.5) is 0 Å². The highest BCUT2D eigenvalue weighted by Crippen LogP contribution is 2.23. The number of hydroxylamine groups is 1. The van der Waals surface area contributed by atoms with Gasteiger partial charge < -0.3 is 9.47 Å². The lowest BCUT2D eigenvalue weighted by atomic mass is 10.2. The summed E-state index contributed by atoms with van der Waals surface area (Å²) in [5.74, 6) is -0.822. The van der Waals surface area contributed by atoms with E-state index in [1.54, 1.807) is 43.3 Å². The minimum atomic E-state index is -4.24. The number of rotatable bonds is 11. The Morgan fingerprint density at radius 2 is 1.54 bits per heavy atom. The van der Waals surface area contributed by atoms with Gasteiger partial charge in [-0.25, -0.2) is 27.2 Å². The Morgan fingerprint density at radius 1 is 0.897 bits per heavy atom. The SMILES string of the molecule is Cc1ccc(S(=O)(=O)NC(CS(=O)(=O)c2ccc(Oc3ccccc3)cc2)C(=O)NOC2CCCCO2)cc1. The minimum absolute atomic E-state index is 0.105. The van der Waals surface area contributed by atoms with E-state index >= 15 is 0 Å². The summed E-state index contributed by atoms with van der Waals surface area (Å²) in [4.78, 5) is 18.1. The highest BCUT2D eigenvalue weighted by molar-refractivity contribution is 7.91. The Morgan fingerprint density at radius 3 is 2.18 bits per heavy atom. The maximum absolute atomic E-state index is 13.3. The molecule has 0 spiro atoms. The summed E-state index contributed by atoms with van der Waals surface area (Å²) < 4.78 is 65.9. The molecule has 1 aliphatic rings. The number of hydrogen-bond donors (Lipinski definition) is 2. The van der Waals surface area contributed by atoms with Crippen molar-refractivity contribution in [3.05, 3.63) is 84.4 Å². The van der Waals surface area contributed by atoms with E-state index in [0.29, 0.717) is 24.5 Å². The summed E-state index contributed by atoms with van der Waals surface area (Å²) in [6.07, 6.45) is 1.53. The quantitative estimate of drug-likeness (QED) is 0.332. The molecule has 0 saturated carbocycles. The molecule has 2 unspecified atom stereocenters. The molecular formula is C27H30N2O8S2. The van der Waals surface area contributed by atoms with Crippen LogP contribution in [0.5, 0.6) is 11.5 Å². The molecule has 0 aliphatic carbocycles. The smallest absolute Gasteiger partial charge is 0.262 e. The lowest BCUT2D eigenvalue weighted by molar-refractivity contribution is -0.200. The molecule has 2 N–H and O–H groups in total. The number of ether oxygens (including phenoxy) is 2. The minimum Gasteiger partial charge on any atom is -0.457 e. The summed E-state index contributed by atoms with van der Waals surface area (Å²) in [7, 11) is -8.37. The number of sulfonamides is 1. The topological polar surface area (TPSA) is 137 Å². The van der Waals surface area contributed by atoms with Crippen molar-refractivity contribution in [2.45, 2.75) is 48.3 Å². The first kappa shape index (κ1) is 28.7. The van der Waals surface area contributed by atoms with E-state index in [2.05, 4.69) is 10.2 Å². The molecule has 1 heterocycles. The van der Waals surface area contributed by atoms with E-state index in [4.69, 9.17) is 14.3 Å². The van der Waals surface area contributed by atoms with Crippen molar-refractivity contribution in [3.63, 3.8) is 0 Å². The number of para-hydroxylation sites is 1. The van der Waals surface area contributed by atoms with Gasteiger partial charge in [0.25, 0.3) is 5.91 Å². The molecule has 12 heteroatoms. The van der Waals surface area contributed by atoms with E-state index in [-0.39, 0.29) is 9.79 Å². The second-order valence-electron chi connectivity index (χ2n) is 9.04. The Kier molecular flexibility index (Phi) is 9.36. The second-order valence-corrected chi connectivity index (χ2v) is 12.8. The van der Waals surface area contributed by atoms with Gasteiger partial charge in [0.2, 0.25) is 10.0 Å². The Bertz CT molecular complexity index is 1450. The molecular weight excluding hydrogens is 544 g/mol. The Labute approximate surface area is 228 Å². The zero-order chi connectivity index (χ0) is 27.9. The van der Waals surface area contributed by atoms with Crippen molar-refractivity contribution in [2.75, 3.05) is 12.4 Å². The van der Waals surface area contributed by atoms with Crippen molar-refractivity contribution in [3.8, 4) is 11.5 Å². The van der Waals surface area contributed by atoms with Gasteiger partial charge in [-0.1, -0.05) is 35.9 Å². The van der Waals surface area contributed by atoms with Gasteiger partial charge in [-0.05, 0) is 68.3 Å². The predicted octanol–water partition coefficient (Wildman–Crippen LogP) is 3.48. The first-order chi connectivity index (χ1) is 18.6. The zero-order valence-electron chi connectivity index (χ0n) is 21.3. The van der Waals surface area contributed by atoms with Crippen LogP contribution in [-0.2, 0) is 34.2 Å². The normalized spacial score (nSPS) is 16.8. The molecule has 1 saturated heterocycles. The van der Waals surface area contributed by atoms with Crippen LogP contribution in [0.25, 0.3) is 0 Å². The highest BCUT2D eigenvalue weighted by Gasteiger charge is 2.32. The molecule has 10 nitrogen and oxygen atoms in total. The molecule has 208 valence electrons. The van der Waals surface area contributed by atoms with Crippen LogP contribution < -0.4 is 14.9 Å². The predicted molar refractivity (Wildman–Crippen MR) is 143 cm³/mol. The number of hydrogen-bond acceptors (Lipinski definition) is 8. The molecule has 1 fully saturated rings. The van der Waals surface area contributed by atoms with Crippen molar-refractivity contribution >= 4 is 25.8 Å². The number of aryl methyl sites for hydroxylation is 1. The first-order valence-electron chi connectivity index (χ1n) is 12.3. The standard InChI is InChI=1S/C27H30N2O8S2/c1-20-10-14-24(15-11-20)39(33,34)29-25(27(30)28-37-26-9-5-6-18-35-26)19-38(31,32)23-16-12-22(13-17-23)36-21-7-3-2-4-8-21/h2-4,7-8,10-17,25-26,29H,5-6,9,18-19H2,1H3,(H,28,30). The lowest BCUT2D eigenvalue weighted by Crippen LogP contribution is -2.51. The fourth-order valence-electron chi connectivity index (χ4n) is 3.79. The molecule has 0 bridgehead atoms. The van der Waals surface area contributed by atoms with E-state index in [1.165, 1.54) is 36.4 Å². The van der Waals surface area contributed by atoms with Crippen LogP contribution in [0.2, 0.25) is 0 Å². The summed E-state index contributed by atoms with van der Waals surface area (Å²) in [6, 6.07) is 18.9. The van der Waals surface area contributed by atoms with Crippen LogP contribution in [0.3, 0.4) is 0 Å². The molecule has 2 atom stereocenters. The molecule has 3 aromatic rings. The summed E-state index contributed by atoms with van der Waals surface area (Å²) in [5.41, 5.74) is 3.01. The van der Waals surface area contributed by atoms with E-state index < -0.39 is 43.9 Å². The number of amides is 1. The monoisotopic (exact) mass is 574 g/mol. The Balaban J connectivity index is 1.52. The zero-order valence-corrected chi connectivity index (χ0v) is 22.9. The van der Waals surface area contributed by atoms with E-state index in [1.807, 2.05) is 6.07 Å². The average Bonchev–Trinajstić information content (AvgIpc) is 2.93. The number of sulfone groups is 1. The molecule has 1 amide bonds. The van der Waals surface area contributed by atoms with Gasteiger partial charge in [0.1, 0.15) is 17.5 Å². The largest absolute Gasteiger partial charge is 0.457 e. The molecule has 1 aliphatic heterocycles. The highest BCUT2D eigenvalue weighted by atomic mass is 32.2. The number of carbonyl (C=O) groups is 1. The molecule has 4 rings (SSSR count). The summed E-state index contributed by atoms with van der Waals surface area (Å²) in [5, 5.41) is 0. The fourth-order valence-corrected chi connectivity index (χ4v) is 6.51. The van der Waals surface area contributed by atoms with Crippen LogP contribution >= 0.6 is 0 Å². The van der Waals surface area contributed by atoms with Crippen LogP contribution in [0.1, 0.15) is 24.8 Å². The maximum Gasteiger partial charge on any atom is 0.262 e. The summed E-state index contributed by atoms with van der Waals surface area (Å²) in [6.45, 7) is 2.26. The van der Waals surface area contributed by atoms with Crippen LogP contribution in [0.15, 0.2) is 88.7 Å². The summed E-state index contributed by atoms with van der Waals surface area (Å²) >= 11 is 0.